The van der Waals surface area contributed by atoms with E-state index in [1.54, 1.807) is 0 Å². The van der Waals surface area contributed by atoms with Crippen LogP contribution in [-0.2, 0) is 9.59 Å². The summed E-state index contributed by atoms with van der Waals surface area (Å²) in [5, 5.41) is 5.80. The number of carbonyl (C=O) groups excluding carboxylic acids is 2. The minimum Gasteiger partial charge on any atom is -0.321 e. The number of quaternary nitrogens is 1. The number of nitrogens with one attached hydrogen (secondary N) is 3. The van der Waals surface area contributed by atoms with Crippen molar-refractivity contribution in [2.75, 3.05) is 24.2 Å². The maximum atomic E-state index is 12.3. The van der Waals surface area contributed by atoms with Gasteiger partial charge in [0.25, 0.3) is 11.8 Å². The molecular weight excluding hydrogens is 314 g/mol. The molecular formula is C20H26N3O2+. The van der Waals surface area contributed by atoms with E-state index in [0.717, 1.165) is 27.4 Å². The zero-order valence-electron chi connectivity index (χ0n) is 15.2. The number of anilines is 2. The molecule has 0 aliphatic carbocycles. The number of hydrogen-bond acceptors (Lipinski definition) is 2. The van der Waals surface area contributed by atoms with E-state index < -0.39 is 0 Å². The standard InChI is InChI=1S/C20H25N3O2/c1-14-10-11-15(2)18(12-14)22-19(24)13-23(4)16(3)20(25)21-17-8-6-5-7-9-17/h5-12,16H,13H2,1-4H3,(H,21,25)(H,22,24)/p+1/t16-/m1/s1. The van der Waals surface area contributed by atoms with Crippen LogP contribution in [0.3, 0.4) is 0 Å². The first-order chi connectivity index (χ1) is 11.9. The Kier molecular flexibility index (Phi) is 6.31. The van der Waals surface area contributed by atoms with Gasteiger partial charge in [0.05, 0.1) is 7.05 Å². The number of hydrogen-bond donors (Lipinski definition) is 3. The third kappa shape index (κ3) is 5.43. The third-order valence-corrected chi connectivity index (χ3v) is 4.28. The van der Waals surface area contributed by atoms with Gasteiger partial charge in [-0.15, -0.1) is 0 Å². The molecule has 2 aromatic rings. The zero-order chi connectivity index (χ0) is 18.4. The molecule has 0 heterocycles. The fourth-order valence-electron chi connectivity index (χ4n) is 2.47. The van der Waals surface area contributed by atoms with Gasteiger partial charge in [0, 0.05) is 11.4 Å². The van der Waals surface area contributed by atoms with E-state index in [-0.39, 0.29) is 24.4 Å². The van der Waals surface area contributed by atoms with Gasteiger partial charge in [-0.25, -0.2) is 0 Å². The first-order valence-corrected chi connectivity index (χ1v) is 8.42. The molecule has 0 radical (unpaired) electrons. The minimum absolute atomic E-state index is 0.106. The molecule has 25 heavy (non-hydrogen) atoms. The third-order valence-electron chi connectivity index (χ3n) is 4.28. The lowest BCUT2D eigenvalue weighted by Gasteiger charge is -2.21. The molecule has 0 spiro atoms. The number of rotatable bonds is 6. The molecule has 2 amide bonds. The predicted molar refractivity (Wildman–Crippen MR) is 101 cm³/mol. The highest BCUT2D eigenvalue weighted by Crippen LogP contribution is 2.15. The van der Waals surface area contributed by atoms with Crippen molar-refractivity contribution < 1.29 is 14.5 Å². The van der Waals surface area contributed by atoms with Gasteiger partial charge in [-0.05, 0) is 50.1 Å². The van der Waals surface area contributed by atoms with Crippen molar-refractivity contribution in [2.45, 2.75) is 26.8 Å². The van der Waals surface area contributed by atoms with E-state index in [4.69, 9.17) is 0 Å². The Bertz CT molecular complexity index is 744. The smallest absolute Gasteiger partial charge is 0.282 e. The van der Waals surface area contributed by atoms with Gasteiger partial charge in [0.1, 0.15) is 0 Å². The van der Waals surface area contributed by atoms with Crippen molar-refractivity contribution in [3.63, 3.8) is 0 Å². The molecule has 0 aliphatic rings. The van der Waals surface area contributed by atoms with Crippen LogP contribution < -0.4 is 15.5 Å². The van der Waals surface area contributed by atoms with Crippen molar-refractivity contribution >= 4 is 23.2 Å². The Morgan fingerprint density at radius 1 is 1.04 bits per heavy atom. The zero-order valence-corrected chi connectivity index (χ0v) is 15.2. The van der Waals surface area contributed by atoms with Crippen LogP contribution in [0.15, 0.2) is 48.5 Å². The summed E-state index contributed by atoms with van der Waals surface area (Å²) >= 11 is 0. The second-order valence-corrected chi connectivity index (χ2v) is 6.47. The van der Waals surface area contributed by atoms with Gasteiger partial charge in [0.15, 0.2) is 12.6 Å². The number of carbonyl (C=O) groups is 2. The first kappa shape index (κ1) is 18.7. The van der Waals surface area contributed by atoms with Gasteiger partial charge in [0.2, 0.25) is 0 Å². The van der Waals surface area contributed by atoms with E-state index in [0.29, 0.717) is 0 Å². The van der Waals surface area contributed by atoms with Crippen LogP contribution in [0.2, 0.25) is 0 Å². The average molecular weight is 340 g/mol. The molecule has 0 fully saturated rings. The molecule has 0 saturated heterocycles. The summed E-state index contributed by atoms with van der Waals surface area (Å²) in [6.07, 6.45) is 0. The van der Waals surface area contributed by atoms with Gasteiger partial charge in [-0.3, -0.25) is 9.59 Å². The maximum Gasteiger partial charge on any atom is 0.282 e. The van der Waals surface area contributed by atoms with Crippen molar-refractivity contribution in [3.8, 4) is 0 Å². The monoisotopic (exact) mass is 340 g/mol. The van der Waals surface area contributed by atoms with Crippen LogP contribution in [0.4, 0.5) is 11.4 Å². The summed E-state index contributed by atoms with van der Waals surface area (Å²) in [6, 6.07) is 14.9. The van der Waals surface area contributed by atoms with Crippen molar-refractivity contribution in [1.29, 1.82) is 0 Å². The molecule has 0 saturated carbocycles. The maximum absolute atomic E-state index is 12.3. The second kappa shape index (κ2) is 8.44. The molecule has 5 heteroatoms. The Labute approximate surface area is 149 Å². The predicted octanol–water partition coefficient (Wildman–Crippen LogP) is 1.78. The van der Waals surface area contributed by atoms with Crippen LogP contribution >= 0.6 is 0 Å². The van der Waals surface area contributed by atoms with Gasteiger partial charge in [-0.1, -0.05) is 30.3 Å². The number of amides is 2. The molecule has 0 aliphatic heterocycles. The lowest BCUT2D eigenvalue weighted by molar-refractivity contribution is -0.885. The van der Waals surface area contributed by atoms with Crippen molar-refractivity contribution in [3.05, 3.63) is 59.7 Å². The van der Waals surface area contributed by atoms with E-state index in [1.165, 1.54) is 0 Å². The number of likely N-dealkylation sites (N-methyl/N-ethyl adjacent to an activating group) is 1. The first-order valence-electron chi connectivity index (χ1n) is 8.42. The lowest BCUT2D eigenvalue weighted by Crippen LogP contribution is -3.14. The molecule has 0 aromatic heterocycles. The van der Waals surface area contributed by atoms with Gasteiger partial charge in [-0.2, -0.15) is 0 Å². The average Bonchev–Trinajstić information content (AvgIpc) is 2.58. The quantitative estimate of drug-likeness (QED) is 0.751. The Morgan fingerprint density at radius 2 is 1.72 bits per heavy atom. The molecule has 5 nitrogen and oxygen atoms in total. The SMILES string of the molecule is Cc1ccc(C)c(NC(=O)C[NH+](C)[C@H](C)C(=O)Nc2ccccc2)c1. The number of aryl methyl sites for hydroxylation is 2. The van der Waals surface area contributed by atoms with Gasteiger partial charge >= 0.3 is 0 Å². The Hall–Kier alpha value is -2.66. The second-order valence-electron chi connectivity index (χ2n) is 6.47. The summed E-state index contributed by atoms with van der Waals surface area (Å²) in [5.74, 6) is -0.214. The van der Waals surface area contributed by atoms with E-state index >= 15 is 0 Å². The highest BCUT2D eigenvalue weighted by molar-refractivity contribution is 5.94. The summed E-state index contributed by atoms with van der Waals surface area (Å²) in [7, 11) is 1.85. The molecule has 2 aromatic carbocycles. The fourth-order valence-corrected chi connectivity index (χ4v) is 2.47. The van der Waals surface area contributed by atoms with E-state index in [1.807, 2.05) is 76.3 Å². The Morgan fingerprint density at radius 3 is 2.40 bits per heavy atom. The molecule has 2 atom stereocenters. The summed E-state index contributed by atoms with van der Waals surface area (Å²) < 4.78 is 0. The van der Waals surface area contributed by atoms with Crippen molar-refractivity contribution in [2.24, 2.45) is 0 Å². The number of benzene rings is 2. The summed E-state index contributed by atoms with van der Waals surface area (Å²) in [5.41, 5.74) is 3.69. The van der Waals surface area contributed by atoms with Crippen LogP contribution in [0.25, 0.3) is 0 Å². The van der Waals surface area contributed by atoms with E-state index in [2.05, 4.69) is 10.6 Å². The molecule has 3 N–H and O–H groups in total. The number of para-hydroxylation sites is 1. The molecule has 132 valence electrons. The topological polar surface area (TPSA) is 62.6 Å². The van der Waals surface area contributed by atoms with E-state index in [9.17, 15) is 9.59 Å². The largest absolute Gasteiger partial charge is 0.321 e. The van der Waals surface area contributed by atoms with Crippen LogP contribution in [-0.4, -0.2) is 31.4 Å². The molecule has 2 rings (SSSR count). The van der Waals surface area contributed by atoms with Crippen LogP contribution in [0, 0.1) is 13.8 Å². The Balaban J connectivity index is 1.91. The molecule has 1 unspecified atom stereocenters. The highest BCUT2D eigenvalue weighted by atomic mass is 16.2. The fraction of sp³-hybridized carbons (Fsp3) is 0.300. The van der Waals surface area contributed by atoms with Crippen LogP contribution in [0.1, 0.15) is 18.1 Å². The lowest BCUT2D eigenvalue weighted by atomic mass is 10.1. The summed E-state index contributed by atoms with van der Waals surface area (Å²) in [6.45, 7) is 5.99. The van der Waals surface area contributed by atoms with Crippen molar-refractivity contribution in [1.82, 2.24) is 0 Å². The normalized spacial score (nSPS) is 13.0. The minimum atomic E-state index is -0.343. The molecule has 0 bridgehead atoms. The van der Waals surface area contributed by atoms with Gasteiger partial charge < -0.3 is 15.5 Å². The van der Waals surface area contributed by atoms with Crippen LogP contribution in [0.5, 0.6) is 0 Å². The summed E-state index contributed by atoms with van der Waals surface area (Å²) in [4.78, 5) is 25.5. The highest BCUT2D eigenvalue weighted by Gasteiger charge is 2.24.